The second-order valence-corrected chi connectivity index (χ2v) is 5.73. The number of aliphatic carboxylic acids is 1. The number of carbonyl (C=O) groups is 2. The van der Waals surface area contributed by atoms with E-state index in [0.717, 1.165) is 19.3 Å². The Morgan fingerprint density at radius 2 is 1.90 bits per heavy atom. The predicted molar refractivity (Wildman–Crippen MR) is 78.8 cm³/mol. The first kappa shape index (κ1) is 15.5. The summed E-state index contributed by atoms with van der Waals surface area (Å²) >= 11 is 0. The molecule has 0 aliphatic heterocycles. The molecule has 2 rings (SSSR count). The van der Waals surface area contributed by atoms with Crippen LogP contribution < -0.4 is 5.32 Å². The number of aliphatic hydroxyl groups is 1. The standard InChI is InChI=1S/C16H21NO4/c18-11-12-5-4-6-13(9-12)17-14(19)10-16(15(20)21)7-2-1-3-8-16/h4-6,9,18H,1-3,7-8,10-11H2,(H,17,19)(H,20,21). The van der Waals surface area contributed by atoms with Gasteiger partial charge in [0.2, 0.25) is 5.91 Å². The van der Waals surface area contributed by atoms with Crippen LogP contribution in [0.4, 0.5) is 5.69 Å². The molecule has 3 N–H and O–H groups in total. The maximum absolute atomic E-state index is 12.2. The number of carboxylic acids is 1. The minimum absolute atomic E-state index is 0.00564. The number of carboxylic acid groups (broad SMARTS) is 1. The molecule has 0 unspecified atom stereocenters. The Bertz CT molecular complexity index is 521. The molecule has 5 heteroatoms. The van der Waals surface area contributed by atoms with Crippen molar-refractivity contribution in [2.45, 2.75) is 45.1 Å². The molecule has 1 fully saturated rings. The van der Waals surface area contributed by atoms with E-state index in [0.29, 0.717) is 24.1 Å². The van der Waals surface area contributed by atoms with Crippen LogP contribution in [0.2, 0.25) is 0 Å². The topological polar surface area (TPSA) is 86.6 Å². The van der Waals surface area contributed by atoms with Crippen molar-refractivity contribution in [3.8, 4) is 0 Å². The van der Waals surface area contributed by atoms with Gasteiger partial charge >= 0.3 is 5.97 Å². The van der Waals surface area contributed by atoms with E-state index in [1.165, 1.54) is 0 Å². The van der Waals surface area contributed by atoms with Crippen LogP contribution in [0, 0.1) is 5.41 Å². The largest absolute Gasteiger partial charge is 0.481 e. The molecule has 1 saturated carbocycles. The van der Waals surface area contributed by atoms with Gasteiger partial charge in [-0.25, -0.2) is 0 Å². The molecule has 1 amide bonds. The Hall–Kier alpha value is -1.88. The highest BCUT2D eigenvalue weighted by Crippen LogP contribution is 2.39. The lowest BCUT2D eigenvalue weighted by Crippen LogP contribution is -2.37. The van der Waals surface area contributed by atoms with Crippen LogP contribution in [-0.2, 0) is 16.2 Å². The molecule has 21 heavy (non-hydrogen) atoms. The Balaban J connectivity index is 2.03. The molecular formula is C16H21NO4. The minimum Gasteiger partial charge on any atom is -0.481 e. The van der Waals surface area contributed by atoms with Crippen molar-refractivity contribution in [3.05, 3.63) is 29.8 Å². The summed E-state index contributed by atoms with van der Waals surface area (Å²) < 4.78 is 0. The van der Waals surface area contributed by atoms with E-state index in [1.54, 1.807) is 24.3 Å². The SMILES string of the molecule is O=C(CC1(C(=O)O)CCCCC1)Nc1cccc(CO)c1. The first-order chi connectivity index (χ1) is 10.1. The van der Waals surface area contributed by atoms with Crippen LogP contribution in [-0.4, -0.2) is 22.1 Å². The lowest BCUT2D eigenvalue weighted by atomic mass is 9.71. The lowest BCUT2D eigenvalue weighted by molar-refractivity contribution is -0.153. The maximum Gasteiger partial charge on any atom is 0.310 e. The molecule has 1 aromatic carbocycles. The van der Waals surface area contributed by atoms with E-state index >= 15 is 0 Å². The van der Waals surface area contributed by atoms with Crippen LogP contribution in [0.15, 0.2) is 24.3 Å². The van der Waals surface area contributed by atoms with Gasteiger partial charge in [0.05, 0.1) is 12.0 Å². The van der Waals surface area contributed by atoms with Gasteiger partial charge in [-0.15, -0.1) is 0 Å². The van der Waals surface area contributed by atoms with E-state index in [9.17, 15) is 14.7 Å². The van der Waals surface area contributed by atoms with Gasteiger partial charge in [0.25, 0.3) is 0 Å². The average molecular weight is 291 g/mol. The van der Waals surface area contributed by atoms with Crippen molar-refractivity contribution in [1.29, 1.82) is 0 Å². The van der Waals surface area contributed by atoms with Gasteiger partial charge in [0.1, 0.15) is 0 Å². The molecule has 1 aliphatic rings. The van der Waals surface area contributed by atoms with Crippen molar-refractivity contribution < 1.29 is 19.8 Å². The zero-order valence-electron chi connectivity index (χ0n) is 12.0. The first-order valence-corrected chi connectivity index (χ1v) is 7.29. The Morgan fingerprint density at radius 1 is 1.19 bits per heavy atom. The minimum atomic E-state index is -0.920. The highest BCUT2D eigenvalue weighted by Gasteiger charge is 2.41. The number of carbonyl (C=O) groups excluding carboxylic acids is 1. The third-order valence-corrected chi connectivity index (χ3v) is 4.16. The van der Waals surface area contributed by atoms with Gasteiger partial charge in [-0.3, -0.25) is 9.59 Å². The van der Waals surface area contributed by atoms with Gasteiger partial charge in [-0.2, -0.15) is 0 Å². The van der Waals surface area contributed by atoms with Gasteiger partial charge in [-0.05, 0) is 30.5 Å². The third kappa shape index (κ3) is 3.82. The number of hydrogen-bond donors (Lipinski definition) is 3. The number of amides is 1. The first-order valence-electron chi connectivity index (χ1n) is 7.29. The van der Waals surface area contributed by atoms with Crippen LogP contribution in [0.1, 0.15) is 44.1 Å². The zero-order chi connectivity index (χ0) is 15.3. The molecule has 0 saturated heterocycles. The molecule has 0 heterocycles. The van der Waals surface area contributed by atoms with Gasteiger partial charge in [0, 0.05) is 12.1 Å². The number of benzene rings is 1. The van der Waals surface area contributed by atoms with Crippen molar-refractivity contribution in [1.82, 2.24) is 0 Å². The van der Waals surface area contributed by atoms with E-state index < -0.39 is 11.4 Å². The van der Waals surface area contributed by atoms with Gasteiger partial charge in [0.15, 0.2) is 0 Å². The number of anilines is 1. The van der Waals surface area contributed by atoms with Crippen LogP contribution in [0.5, 0.6) is 0 Å². The van der Waals surface area contributed by atoms with E-state index in [4.69, 9.17) is 5.11 Å². The maximum atomic E-state index is 12.2. The fourth-order valence-electron chi connectivity index (χ4n) is 2.95. The fraction of sp³-hybridized carbons (Fsp3) is 0.500. The Morgan fingerprint density at radius 3 is 2.52 bits per heavy atom. The summed E-state index contributed by atoms with van der Waals surface area (Å²) in [5.41, 5.74) is 0.373. The quantitative estimate of drug-likeness (QED) is 0.778. The number of hydrogen-bond acceptors (Lipinski definition) is 3. The Labute approximate surface area is 124 Å². The molecule has 5 nitrogen and oxygen atoms in total. The second-order valence-electron chi connectivity index (χ2n) is 5.73. The number of nitrogens with one attached hydrogen (secondary N) is 1. The van der Waals surface area contributed by atoms with Crippen molar-refractivity contribution in [2.24, 2.45) is 5.41 Å². The normalized spacial score (nSPS) is 17.2. The molecular weight excluding hydrogens is 270 g/mol. The van der Waals surface area contributed by atoms with E-state index in [1.807, 2.05) is 0 Å². The molecule has 0 radical (unpaired) electrons. The predicted octanol–water partition coefficient (Wildman–Crippen LogP) is 2.54. The smallest absolute Gasteiger partial charge is 0.310 e. The molecule has 1 aliphatic carbocycles. The molecule has 0 aromatic heterocycles. The number of rotatable bonds is 5. The number of aliphatic hydroxyl groups excluding tert-OH is 1. The monoisotopic (exact) mass is 291 g/mol. The highest BCUT2D eigenvalue weighted by molar-refractivity contribution is 5.94. The van der Waals surface area contributed by atoms with Crippen LogP contribution >= 0.6 is 0 Å². The van der Waals surface area contributed by atoms with Gasteiger partial charge in [-0.1, -0.05) is 31.4 Å². The fourth-order valence-corrected chi connectivity index (χ4v) is 2.95. The zero-order valence-corrected chi connectivity index (χ0v) is 12.0. The third-order valence-electron chi connectivity index (χ3n) is 4.16. The molecule has 1 aromatic rings. The molecule has 114 valence electrons. The van der Waals surface area contributed by atoms with Crippen molar-refractivity contribution in [3.63, 3.8) is 0 Å². The summed E-state index contributed by atoms with van der Waals surface area (Å²) in [6, 6.07) is 6.92. The highest BCUT2D eigenvalue weighted by atomic mass is 16.4. The molecule has 0 spiro atoms. The average Bonchev–Trinajstić information content (AvgIpc) is 2.48. The second kappa shape index (κ2) is 6.72. The summed E-state index contributed by atoms with van der Waals surface area (Å²) in [7, 11) is 0. The molecule has 0 atom stereocenters. The summed E-state index contributed by atoms with van der Waals surface area (Å²) in [4.78, 5) is 23.7. The summed E-state index contributed by atoms with van der Waals surface area (Å²) in [6.45, 7) is -0.0945. The van der Waals surface area contributed by atoms with E-state index in [2.05, 4.69) is 5.32 Å². The van der Waals surface area contributed by atoms with Crippen molar-refractivity contribution in [2.75, 3.05) is 5.32 Å². The van der Waals surface area contributed by atoms with Crippen molar-refractivity contribution >= 4 is 17.6 Å². The van der Waals surface area contributed by atoms with Gasteiger partial charge < -0.3 is 15.5 Å². The summed E-state index contributed by atoms with van der Waals surface area (Å²) in [5, 5.41) is 21.3. The van der Waals surface area contributed by atoms with E-state index in [-0.39, 0.29) is 18.9 Å². The summed E-state index contributed by atoms with van der Waals surface area (Å²) in [6.07, 6.45) is 3.89. The van der Waals surface area contributed by atoms with Crippen LogP contribution in [0.25, 0.3) is 0 Å². The van der Waals surface area contributed by atoms with Crippen LogP contribution in [0.3, 0.4) is 0 Å². The Kier molecular flexibility index (Phi) is 4.96. The molecule has 0 bridgehead atoms. The lowest BCUT2D eigenvalue weighted by Gasteiger charge is -2.32. The summed E-state index contributed by atoms with van der Waals surface area (Å²) in [5.74, 6) is -1.16.